The Bertz CT molecular complexity index is 450. The van der Waals surface area contributed by atoms with Crippen LogP contribution in [0.4, 0.5) is 5.82 Å². The monoisotopic (exact) mass is 304 g/mol. The van der Waals surface area contributed by atoms with Crippen molar-refractivity contribution in [2.24, 2.45) is 5.92 Å². The van der Waals surface area contributed by atoms with Gasteiger partial charge in [0.05, 0.1) is 0 Å². The second kappa shape index (κ2) is 8.71. The van der Waals surface area contributed by atoms with Gasteiger partial charge in [-0.05, 0) is 37.3 Å². The van der Waals surface area contributed by atoms with Crippen LogP contribution >= 0.6 is 0 Å². The Hall–Kier alpha value is -1.65. The molecule has 0 unspecified atom stereocenters. The van der Waals surface area contributed by atoms with E-state index in [4.69, 9.17) is 0 Å². The van der Waals surface area contributed by atoms with Gasteiger partial charge in [0.2, 0.25) is 0 Å². The van der Waals surface area contributed by atoms with Crippen molar-refractivity contribution >= 4 is 11.7 Å². The number of hydrogen-bond donors (Lipinski definition) is 2. The molecule has 122 valence electrons. The Balaban J connectivity index is 1.82. The van der Waals surface area contributed by atoms with Gasteiger partial charge in [-0.1, -0.05) is 39.5 Å². The molecule has 5 nitrogen and oxygen atoms in total. The zero-order valence-corrected chi connectivity index (χ0v) is 13.8. The third kappa shape index (κ3) is 5.62. The third-order valence-electron chi connectivity index (χ3n) is 4.11. The van der Waals surface area contributed by atoms with E-state index in [-0.39, 0.29) is 5.91 Å². The molecule has 1 amide bonds. The van der Waals surface area contributed by atoms with E-state index < -0.39 is 0 Å². The maximum absolute atomic E-state index is 11.9. The van der Waals surface area contributed by atoms with Gasteiger partial charge in [-0.2, -0.15) is 0 Å². The molecular weight excluding hydrogens is 276 g/mol. The lowest BCUT2D eigenvalue weighted by molar-refractivity contribution is 0.0946. The van der Waals surface area contributed by atoms with E-state index in [1.807, 2.05) is 6.07 Å². The maximum atomic E-state index is 11.9. The number of rotatable bonds is 6. The van der Waals surface area contributed by atoms with Crippen LogP contribution in [0.2, 0.25) is 0 Å². The van der Waals surface area contributed by atoms with Crippen LogP contribution in [0.15, 0.2) is 12.1 Å². The summed E-state index contributed by atoms with van der Waals surface area (Å²) < 4.78 is 0. The lowest BCUT2D eigenvalue weighted by Crippen LogP contribution is -2.26. The fourth-order valence-corrected chi connectivity index (χ4v) is 2.73. The molecule has 0 atom stereocenters. The molecule has 0 aromatic carbocycles. The number of aromatic nitrogens is 2. The van der Waals surface area contributed by atoms with Crippen molar-refractivity contribution in [3.63, 3.8) is 0 Å². The van der Waals surface area contributed by atoms with Crippen molar-refractivity contribution in [3.8, 4) is 0 Å². The molecule has 2 rings (SSSR count). The number of anilines is 1. The lowest BCUT2D eigenvalue weighted by Gasteiger charge is -2.16. The minimum absolute atomic E-state index is 0.144. The largest absolute Gasteiger partial charge is 0.366 e. The van der Waals surface area contributed by atoms with Crippen LogP contribution in [-0.2, 0) is 0 Å². The van der Waals surface area contributed by atoms with Gasteiger partial charge < -0.3 is 10.6 Å². The molecule has 1 aliphatic rings. The van der Waals surface area contributed by atoms with Gasteiger partial charge in [-0.3, -0.25) is 4.79 Å². The molecule has 1 aliphatic carbocycles. The highest BCUT2D eigenvalue weighted by Crippen LogP contribution is 2.20. The smallest absolute Gasteiger partial charge is 0.271 e. The first-order chi connectivity index (χ1) is 10.6. The van der Waals surface area contributed by atoms with Gasteiger partial charge in [0.1, 0.15) is 5.82 Å². The number of carbonyl (C=O) groups excluding carboxylic acids is 1. The predicted octanol–water partition coefficient (Wildman–Crippen LogP) is 3.39. The van der Waals surface area contributed by atoms with Crippen molar-refractivity contribution in [1.82, 2.24) is 15.5 Å². The van der Waals surface area contributed by atoms with Crippen LogP contribution < -0.4 is 10.6 Å². The van der Waals surface area contributed by atoms with E-state index in [2.05, 4.69) is 34.7 Å². The Labute approximate surface area is 133 Å². The van der Waals surface area contributed by atoms with Crippen molar-refractivity contribution in [3.05, 3.63) is 17.8 Å². The van der Waals surface area contributed by atoms with E-state index in [1.165, 1.54) is 38.5 Å². The summed E-state index contributed by atoms with van der Waals surface area (Å²) in [5.74, 6) is 1.21. The molecule has 1 aromatic rings. The second-order valence-corrected chi connectivity index (χ2v) is 6.58. The van der Waals surface area contributed by atoms with E-state index in [9.17, 15) is 4.79 Å². The van der Waals surface area contributed by atoms with Crippen molar-refractivity contribution < 1.29 is 4.79 Å². The summed E-state index contributed by atoms with van der Waals surface area (Å²) in [6.07, 6.45) is 8.58. The molecule has 0 spiro atoms. The average Bonchev–Trinajstić information content (AvgIpc) is 2.76. The number of amides is 1. The number of nitrogens with zero attached hydrogens (tertiary/aromatic N) is 2. The molecule has 22 heavy (non-hydrogen) atoms. The van der Waals surface area contributed by atoms with E-state index in [0.29, 0.717) is 24.2 Å². The summed E-state index contributed by atoms with van der Waals surface area (Å²) >= 11 is 0. The number of hydrogen-bond acceptors (Lipinski definition) is 4. The van der Waals surface area contributed by atoms with Crippen LogP contribution in [0.3, 0.4) is 0 Å². The first kappa shape index (κ1) is 16.7. The van der Waals surface area contributed by atoms with Crippen molar-refractivity contribution in [2.45, 2.75) is 64.8 Å². The van der Waals surface area contributed by atoms with Gasteiger partial charge in [-0.15, -0.1) is 10.2 Å². The number of nitrogens with one attached hydrogen (secondary N) is 2. The first-order valence-electron chi connectivity index (χ1n) is 8.53. The highest BCUT2D eigenvalue weighted by molar-refractivity contribution is 5.92. The number of carbonyl (C=O) groups is 1. The molecule has 1 heterocycles. The van der Waals surface area contributed by atoms with Crippen LogP contribution in [-0.4, -0.2) is 28.7 Å². The Kier molecular flexibility index (Phi) is 6.62. The standard InChI is InChI=1S/C17H28N4O/c1-13(2)11-12-18-17(22)15-9-10-16(21-20-15)19-14-7-5-3-4-6-8-14/h9-10,13-14H,3-8,11-12H2,1-2H3,(H,18,22)(H,19,21). The topological polar surface area (TPSA) is 66.9 Å². The molecule has 0 radical (unpaired) electrons. The minimum Gasteiger partial charge on any atom is -0.366 e. The van der Waals surface area contributed by atoms with E-state index in [0.717, 1.165) is 12.2 Å². The third-order valence-corrected chi connectivity index (χ3v) is 4.11. The molecule has 5 heteroatoms. The van der Waals surface area contributed by atoms with Crippen LogP contribution in [0.1, 0.15) is 69.3 Å². The molecule has 0 aliphatic heterocycles. The summed E-state index contributed by atoms with van der Waals surface area (Å²) in [7, 11) is 0. The Morgan fingerprint density at radius 3 is 2.50 bits per heavy atom. The second-order valence-electron chi connectivity index (χ2n) is 6.58. The highest BCUT2D eigenvalue weighted by Gasteiger charge is 2.13. The summed E-state index contributed by atoms with van der Waals surface area (Å²) in [6, 6.07) is 4.09. The fourth-order valence-electron chi connectivity index (χ4n) is 2.73. The highest BCUT2D eigenvalue weighted by atomic mass is 16.1. The summed E-state index contributed by atoms with van der Waals surface area (Å²) in [5, 5.41) is 14.5. The maximum Gasteiger partial charge on any atom is 0.271 e. The quantitative estimate of drug-likeness (QED) is 0.791. The first-order valence-corrected chi connectivity index (χ1v) is 8.53. The van der Waals surface area contributed by atoms with Gasteiger partial charge >= 0.3 is 0 Å². The molecule has 1 saturated carbocycles. The fraction of sp³-hybridized carbons (Fsp3) is 0.706. The predicted molar refractivity (Wildman–Crippen MR) is 88.9 cm³/mol. The lowest BCUT2D eigenvalue weighted by atomic mass is 10.1. The Morgan fingerprint density at radius 1 is 1.18 bits per heavy atom. The molecule has 2 N–H and O–H groups in total. The van der Waals surface area contributed by atoms with Gasteiger partial charge in [0, 0.05) is 12.6 Å². The molecule has 0 saturated heterocycles. The SMILES string of the molecule is CC(C)CCNC(=O)c1ccc(NC2CCCCCC2)nn1. The summed E-state index contributed by atoms with van der Waals surface area (Å²) in [6.45, 7) is 4.96. The molecule has 1 fully saturated rings. The molecule has 0 bridgehead atoms. The van der Waals surface area contributed by atoms with E-state index >= 15 is 0 Å². The zero-order valence-electron chi connectivity index (χ0n) is 13.8. The van der Waals surface area contributed by atoms with Crippen LogP contribution in [0, 0.1) is 5.92 Å². The van der Waals surface area contributed by atoms with Gasteiger partial charge in [0.15, 0.2) is 5.69 Å². The average molecular weight is 304 g/mol. The normalized spacial score (nSPS) is 16.3. The van der Waals surface area contributed by atoms with Gasteiger partial charge in [0.25, 0.3) is 5.91 Å². The van der Waals surface area contributed by atoms with Crippen LogP contribution in [0.5, 0.6) is 0 Å². The van der Waals surface area contributed by atoms with Gasteiger partial charge in [-0.25, -0.2) is 0 Å². The summed E-state index contributed by atoms with van der Waals surface area (Å²) in [5.41, 5.74) is 0.384. The Morgan fingerprint density at radius 2 is 1.91 bits per heavy atom. The van der Waals surface area contributed by atoms with Crippen LogP contribution in [0.25, 0.3) is 0 Å². The van der Waals surface area contributed by atoms with E-state index in [1.54, 1.807) is 6.07 Å². The summed E-state index contributed by atoms with van der Waals surface area (Å²) in [4.78, 5) is 11.9. The van der Waals surface area contributed by atoms with Crippen molar-refractivity contribution in [1.29, 1.82) is 0 Å². The molecule has 1 aromatic heterocycles. The minimum atomic E-state index is -0.144. The van der Waals surface area contributed by atoms with Crippen molar-refractivity contribution in [2.75, 3.05) is 11.9 Å². The zero-order chi connectivity index (χ0) is 15.8. The molecular formula is C17H28N4O.